The van der Waals surface area contributed by atoms with Crippen molar-refractivity contribution in [1.29, 1.82) is 0 Å². The Morgan fingerprint density at radius 2 is 2.12 bits per heavy atom. The second-order valence-corrected chi connectivity index (χ2v) is 9.21. The van der Waals surface area contributed by atoms with Gasteiger partial charge < -0.3 is 4.90 Å². The fraction of sp³-hybridized carbons (Fsp3) is 0.667. The van der Waals surface area contributed by atoms with E-state index in [4.69, 9.17) is 4.98 Å². The summed E-state index contributed by atoms with van der Waals surface area (Å²) in [6.45, 7) is 1.22. The lowest BCUT2D eigenvalue weighted by molar-refractivity contribution is 0.182. The summed E-state index contributed by atoms with van der Waals surface area (Å²) >= 11 is 3.48. The van der Waals surface area contributed by atoms with Crippen LogP contribution >= 0.6 is 23.1 Å². The number of piperidine rings is 1. The Hall–Kier alpha value is -0.850. The van der Waals surface area contributed by atoms with Crippen LogP contribution in [0.5, 0.6) is 0 Å². The highest BCUT2D eigenvalue weighted by atomic mass is 32.2. The van der Waals surface area contributed by atoms with E-state index < -0.39 is 0 Å². The van der Waals surface area contributed by atoms with Gasteiger partial charge in [-0.1, -0.05) is 18.2 Å². The van der Waals surface area contributed by atoms with Gasteiger partial charge in [0.2, 0.25) is 0 Å². The molecule has 1 unspecified atom stereocenters. The zero-order valence-electron chi connectivity index (χ0n) is 14.5. The molecule has 2 aromatic rings. The van der Waals surface area contributed by atoms with E-state index in [1.54, 1.807) is 27.7 Å². The van der Waals surface area contributed by atoms with Gasteiger partial charge in [-0.15, -0.1) is 11.3 Å². The van der Waals surface area contributed by atoms with Crippen molar-refractivity contribution in [3.63, 3.8) is 0 Å². The number of likely N-dealkylation sites (tertiary alicyclic amines) is 1. The van der Waals surface area contributed by atoms with E-state index in [1.807, 2.05) is 7.05 Å². The monoisotopic (exact) mass is 363 g/mol. The van der Waals surface area contributed by atoms with E-state index in [-0.39, 0.29) is 5.56 Å². The summed E-state index contributed by atoms with van der Waals surface area (Å²) in [7, 11) is 4.12. The van der Waals surface area contributed by atoms with Gasteiger partial charge in [0.05, 0.1) is 5.39 Å². The van der Waals surface area contributed by atoms with Crippen LogP contribution in [-0.4, -0.2) is 39.8 Å². The minimum Gasteiger partial charge on any atom is -0.303 e. The Balaban J connectivity index is 1.52. The van der Waals surface area contributed by atoms with Crippen LogP contribution in [0.25, 0.3) is 10.2 Å². The predicted octanol–water partition coefficient (Wildman–Crippen LogP) is 3.45. The molecule has 3 heterocycles. The van der Waals surface area contributed by atoms with Gasteiger partial charge in [-0.25, -0.2) is 4.98 Å². The summed E-state index contributed by atoms with van der Waals surface area (Å²) in [6, 6.07) is 0.692. The first kappa shape index (κ1) is 16.6. The molecule has 1 atom stereocenters. The Bertz CT molecular complexity index is 811. The molecule has 2 aromatic heterocycles. The lowest BCUT2D eigenvalue weighted by atomic mass is 10.0. The summed E-state index contributed by atoms with van der Waals surface area (Å²) in [5, 5.41) is 1.78. The maximum Gasteiger partial charge on any atom is 0.262 e. The van der Waals surface area contributed by atoms with Crippen LogP contribution in [0, 0.1) is 0 Å². The molecule has 4 rings (SSSR count). The number of nitrogens with zero attached hydrogens (tertiary/aromatic N) is 3. The minimum absolute atomic E-state index is 0.150. The molecule has 6 heteroatoms. The Morgan fingerprint density at radius 3 is 2.96 bits per heavy atom. The smallest absolute Gasteiger partial charge is 0.262 e. The Labute approximate surface area is 151 Å². The number of hydrogen-bond donors (Lipinski definition) is 0. The molecule has 24 heavy (non-hydrogen) atoms. The van der Waals surface area contributed by atoms with Crippen LogP contribution < -0.4 is 5.56 Å². The van der Waals surface area contributed by atoms with Crippen molar-refractivity contribution in [2.75, 3.05) is 19.3 Å². The van der Waals surface area contributed by atoms with Crippen molar-refractivity contribution >= 4 is 33.3 Å². The number of hydrogen-bond acceptors (Lipinski definition) is 5. The molecule has 0 radical (unpaired) electrons. The molecule has 1 aliphatic carbocycles. The van der Waals surface area contributed by atoms with Gasteiger partial charge in [0.25, 0.3) is 5.56 Å². The number of thioether (sulfide) groups is 1. The van der Waals surface area contributed by atoms with E-state index in [2.05, 4.69) is 11.9 Å². The Kier molecular flexibility index (Phi) is 4.71. The van der Waals surface area contributed by atoms with Gasteiger partial charge in [0.15, 0.2) is 5.16 Å². The summed E-state index contributed by atoms with van der Waals surface area (Å²) in [4.78, 5) is 22.5. The van der Waals surface area contributed by atoms with Crippen LogP contribution in [0.15, 0.2) is 9.95 Å². The number of rotatable bonds is 4. The molecule has 1 saturated heterocycles. The van der Waals surface area contributed by atoms with Gasteiger partial charge in [-0.2, -0.15) is 0 Å². The molecule has 130 valence electrons. The fourth-order valence-corrected chi connectivity index (χ4v) is 6.34. The van der Waals surface area contributed by atoms with Crippen molar-refractivity contribution in [2.24, 2.45) is 7.05 Å². The van der Waals surface area contributed by atoms with E-state index in [0.29, 0.717) is 6.04 Å². The lowest BCUT2D eigenvalue weighted by Crippen LogP contribution is -2.36. The van der Waals surface area contributed by atoms with Gasteiger partial charge in [0, 0.05) is 23.7 Å². The molecular formula is C18H25N3OS2. The normalized spacial score (nSPS) is 21.5. The maximum absolute atomic E-state index is 12.8. The van der Waals surface area contributed by atoms with Crippen LogP contribution in [0.1, 0.15) is 42.5 Å². The van der Waals surface area contributed by atoms with Gasteiger partial charge in [0.1, 0.15) is 4.83 Å². The van der Waals surface area contributed by atoms with Gasteiger partial charge in [-0.3, -0.25) is 9.36 Å². The molecule has 1 fully saturated rings. The second kappa shape index (κ2) is 6.81. The van der Waals surface area contributed by atoms with E-state index in [0.717, 1.165) is 34.0 Å². The first-order valence-corrected chi connectivity index (χ1v) is 10.8. The summed E-state index contributed by atoms with van der Waals surface area (Å²) < 4.78 is 1.77. The quantitative estimate of drug-likeness (QED) is 0.616. The molecule has 0 bridgehead atoms. The van der Waals surface area contributed by atoms with Gasteiger partial charge in [-0.05, 0) is 57.7 Å². The van der Waals surface area contributed by atoms with E-state index in [1.165, 1.54) is 49.1 Å². The molecule has 0 saturated carbocycles. The summed E-state index contributed by atoms with van der Waals surface area (Å²) in [5.74, 6) is 1.03. The number of aryl methyl sites for hydroxylation is 2. The molecule has 4 nitrogen and oxygen atoms in total. The average Bonchev–Trinajstić information content (AvgIpc) is 3.14. The fourth-order valence-electron chi connectivity index (χ4n) is 4.03. The zero-order chi connectivity index (χ0) is 16.7. The van der Waals surface area contributed by atoms with Crippen molar-refractivity contribution in [3.8, 4) is 0 Å². The van der Waals surface area contributed by atoms with Crippen LogP contribution in [0.3, 0.4) is 0 Å². The van der Waals surface area contributed by atoms with E-state index in [9.17, 15) is 4.79 Å². The molecule has 0 amide bonds. The maximum atomic E-state index is 12.8. The highest BCUT2D eigenvalue weighted by molar-refractivity contribution is 7.99. The highest BCUT2D eigenvalue weighted by Crippen LogP contribution is 2.35. The first-order valence-electron chi connectivity index (χ1n) is 8.99. The Morgan fingerprint density at radius 1 is 1.25 bits per heavy atom. The highest BCUT2D eigenvalue weighted by Gasteiger charge is 2.23. The molecule has 0 spiro atoms. The second-order valence-electron chi connectivity index (χ2n) is 7.06. The third-order valence-corrected chi connectivity index (χ3v) is 7.76. The molecule has 1 aliphatic heterocycles. The SMILES string of the molecule is CN1CCCCC1CCSc1nc2sc3c(c2c(=O)n1C)CCC3. The van der Waals surface area contributed by atoms with Crippen LogP contribution in [0.4, 0.5) is 0 Å². The summed E-state index contributed by atoms with van der Waals surface area (Å²) in [6.07, 6.45) is 8.52. The van der Waals surface area contributed by atoms with Crippen molar-refractivity contribution < 1.29 is 0 Å². The molecular weight excluding hydrogens is 338 g/mol. The van der Waals surface area contributed by atoms with Crippen LogP contribution in [-0.2, 0) is 19.9 Å². The van der Waals surface area contributed by atoms with Crippen molar-refractivity contribution in [3.05, 3.63) is 20.8 Å². The average molecular weight is 364 g/mol. The van der Waals surface area contributed by atoms with Crippen LogP contribution in [0.2, 0.25) is 0 Å². The zero-order valence-corrected chi connectivity index (χ0v) is 16.1. The third kappa shape index (κ3) is 2.93. The summed E-state index contributed by atoms with van der Waals surface area (Å²) in [5.41, 5.74) is 1.43. The number of fused-ring (bicyclic) bond motifs is 3. The predicted molar refractivity (Wildman–Crippen MR) is 102 cm³/mol. The lowest BCUT2D eigenvalue weighted by Gasteiger charge is -2.32. The first-order chi connectivity index (χ1) is 11.6. The van der Waals surface area contributed by atoms with Crippen molar-refractivity contribution in [2.45, 2.75) is 56.1 Å². The number of thiophene rings is 1. The van der Waals surface area contributed by atoms with Gasteiger partial charge >= 0.3 is 0 Å². The molecule has 0 N–H and O–H groups in total. The topological polar surface area (TPSA) is 38.1 Å². The van der Waals surface area contributed by atoms with Crippen molar-refractivity contribution in [1.82, 2.24) is 14.5 Å². The largest absolute Gasteiger partial charge is 0.303 e. The molecule has 2 aliphatic rings. The standard InChI is InChI=1S/C18H25N3OS2/c1-20-10-4-3-6-12(20)9-11-23-18-19-16-15(17(22)21(18)2)13-7-5-8-14(13)24-16/h12H,3-11H2,1-2H3. The number of aromatic nitrogens is 2. The minimum atomic E-state index is 0.150. The third-order valence-electron chi connectivity index (χ3n) is 5.51. The molecule has 0 aromatic carbocycles. The van der Waals surface area contributed by atoms with E-state index >= 15 is 0 Å².